The summed E-state index contributed by atoms with van der Waals surface area (Å²) in [6.45, 7) is 0. The fourth-order valence-corrected chi connectivity index (χ4v) is 1.72. The van der Waals surface area contributed by atoms with E-state index in [0.717, 1.165) is 5.56 Å². The van der Waals surface area contributed by atoms with Gasteiger partial charge in [0.05, 0.1) is 18.1 Å². The molecule has 2 aromatic rings. The summed E-state index contributed by atoms with van der Waals surface area (Å²) in [4.78, 5) is 0. The van der Waals surface area contributed by atoms with Crippen LogP contribution in [-0.4, -0.2) is 0 Å². The number of rotatable bonds is 4. The number of hydrogen-bond acceptors (Lipinski definition) is 3. The Hall–Kier alpha value is -2.61. The number of hydrogen-bond donors (Lipinski definition) is 1. The van der Waals surface area contributed by atoms with Crippen molar-refractivity contribution in [2.24, 2.45) is 0 Å². The van der Waals surface area contributed by atoms with Gasteiger partial charge in [0.15, 0.2) is 0 Å². The van der Waals surface area contributed by atoms with Crippen molar-refractivity contribution < 1.29 is 13.5 Å². The zero-order chi connectivity index (χ0) is 14.5. The van der Waals surface area contributed by atoms with Gasteiger partial charge in [-0.1, -0.05) is 12.1 Å². The molecule has 0 aliphatic rings. The van der Waals surface area contributed by atoms with Crippen LogP contribution in [0.1, 0.15) is 17.6 Å². The number of nitrogens with zero attached hydrogens (tertiary/aromatic N) is 1. The van der Waals surface area contributed by atoms with E-state index in [1.165, 1.54) is 18.2 Å². The maximum atomic E-state index is 12.9. The average molecular weight is 274 g/mol. The molecule has 3 nitrogen and oxygen atoms in total. The van der Waals surface area contributed by atoms with Gasteiger partial charge in [-0.05, 0) is 35.9 Å². The second kappa shape index (κ2) is 6.02. The van der Waals surface area contributed by atoms with E-state index in [-0.39, 0.29) is 17.0 Å². The lowest BCUT2D eigenvalue weighted by Gasteiger charge is -2.11. The van der Waals surface area contributed by atoms with Crippen molar-refractivity contribution in [1.29, 1.82) is 5.26 Å². The van der Waals surface area contributed by atoms with E-state index in [1.54, 1.807) is 24.3 Å². The van der Waals surface area contributed by atoms with Gasteiger partial charge in [-0.3, -0.25) is 0 Å². The predicted molar refractivity (Wildman–Crippen MR) is 71.6 cm³/mol. The molecule has 0 spiro atoms. The fourth-order valence-electron chi connectivity index (χ4n) is 1.72. The summed E-state index contributed by atoms with van der Waals surface area (Å²) < 4.78 is 31.2. The van der Waals surface area contributed by atoms with Gasteiger partial charge in [-0.25, -0.2) is 8.78 Å². The molecule has 0 bridgehead atoms. The third-order valence-corrected chi connectivity index (χ3v) is 2.70. The summed E-state index contributed by atoms with van der Waals surface area (Å²) in [5.74, 6) is 0.501. The Morgan fingerprint density at radius 2 is 1.85 bits per heavy atom. The molecule has 0 saturated carbocycles. The molecule has 0 heterocycles. The summed E-state index contributed by atoms with van der Waals surface area (Å²) >= 11 is 0. The highest BCUT2D eigenvalue weighted by atomic mass is 19.3. The van der Waals surface area contributed by atoms with Crippen LogP contribution < -0.4 is 10.5 Å². The Morgan fingerprint density at radius 3 is 2.45 bits per heavy atom. The van der Waals surface area contributed by atoms with Crippen molar-refractivity contribution in [2.75, 3.05) is 5.73 Å². The maximum absolute atomic E-state index is 12.9. The average Bonchev–Trinajstić information content (AvgIpc) is 2.43. The van der Waals surface area contributed by atoms with Crippen LogP contribution >= 0.6 is 0 Å². The van der Waals surface area contributed by atoms with Gasteiger partial charge in [0, 0.05) is 5.69 Å². The van der Waals surface area contributed by atoms with Crippen molar-refractivity contribution in [1.82, 2.24) is 0 Å². The largest absolute Gasteiger partial charge is 0.457 e. The number of anilines is 1. The van der Waals surface area contributed by atoms with E-state index in [0.29, 0.717) is 12.2 Å². The molecule has 0 atom stereocenters. The molecule has 0 aliphatic carbocycles. The zero-order valence-electron chi connectivity index (χ0n) is 10.5. The molecular weight excluding hydrogens is 262 g/mol. The summed E-state index contributed by atoms with van der Waals surface area (Å²) in [6.07, 6.45) is -2.36. The van der Waals surface area contributed by atoms with E-state index in [1.807, 2.05) is 6.07 Å². The van der Waals surface area contributed by atoms with Crippen molar-refractivity contribution in [3.05, 3.63) is 53.6 Å². The lowest BCUT2D eigenvalue weighted by atomic mass is 10.1. The third-order valence-electron chi connectivity index (χ3n) is 2.70. The smallest absolute Gasteiger partial charge is 0.267 e. The number of benzene rings is 2. The van der Waals surface area contributed by atoms with Crippen molar-refractivity contribution in [2.45, 2.75) is 12.8 Å². The number of nitrogen functional groups attached to an aromatic ring is 1. The van der Waals surface area contributed by atoms with Crippen molar-refractivity contribution >= 4 is 5.69 Å². The number of halogens is 2. The Kier molecular flexibility index (Phi) is 4.16. The zero-order valence-corrected chi connectivity index (χ0v) is 10.5. The Balaban J connectivity index is 2.23. The minimum Gasteiger partial charge on any atom is -0.457 e. The molecule has 2 rings (SSSR count). The lowest BCUT2D eigenvalue weighted by Crippen LogP contribution is -1.95. The molecular formula is C15H12F2N2O. The van der Waals surface area contributed by atoms with E-state index in [2.05, 4.69) is 0 Å². The first kappa shape index (κ1) is 13.8. The molecule has 5 heteroatoms. The molecule has 0 saturated heterocycles. The van der Waals surface area contributed by atoms with Crippen LogP contribution in [-0.2, 0) is 6.42 Å². The molecule has 2 N–H and O–H groups in total. The summed E-state index contributed by atoms with van der Waals surface area (Å²) in [5.41, 5.74) is 6.35. The SMILES string of the molecule is N#CCc1ccc(Oc2ccc(N)cc2C(F)F)cc1. The molecule has 102 valence electrons. The highest BCUT2D eigenvalue weighted by Crippen LogP contribution is 2.33. The standard InChI is InChI=1S/C15H12F2N2O/c16-15(17)13-9-11(19)3-6-14(13)20-12-4-1-10(2-5-12)7-8-18/h1-6,9,15H,7,19H2. The van der Waals surface area contributed by atoms with Gasteiger partial charge >= 0.3 is 0 Å². The topological polar surface area (TPSA) is 59.0 Å². The fraction of sp³-hybridized carbons (Fsp3) is 0.133. The molecule has 2 aromatic carbocycles. The van der Waals surface area contributed by atoms with Crippen LogP contribution in [0.15, 0.2) is 42.5 Å². The molecule has 0 radical (unpaired) electrons. The third kappa shape index (κ3) is 3.23. The van der Waals surface area contributed by atoms with Gasteiger partial charge < -0.3 is 10.5 Å². The second-order valence-electron chi connectivity index (χ2n) is 4.18. The predicted octanol–water partition coefficient (Wildman–Crippen LogP) is 4.06. The Morgan fingerprint density at radius 1 is 1.15 bits per heavy atom. The maximum Gasteiger partial charge on any atom is 0.267 e. The van der Waals surface area contributed by atoms with Gasteiger partial charge in [0.25, 0.3) is 6.43 Å². The monoisotopic (exact) mass is 274 g/mol. The van der Waals surface area contributed by atoms with E-state index < -0.39 is 6.43 Å². The van der Waals surface area contributed by atoms with E-state index in [9.17, 15) is 8.78 Å². The summed E-state index contributed by atoms with van der Waals surface area (Å²) in [6, 6.07) is 12.9. The normalized spacial score (nSPS) is 10.3. The summed E-state index contributed by atoms with van der Waals surface area (Å²) in [5, 5.41) is 8.57. The van der Waals surface area contributed by atoms with Crippen LogP contribution in [0.25, 0.3) is 0 Å². The van der Waals surface area contributed by atoms with Gasteiger partial charge in [0.2, 0.25) is 0 Å². The summed E-state index contributed by atoms with van der Waals surface area (Å²) in [7, 11) is 0. The van der Waals surface area contributed by atoms with Crippen LogP contribution in [0.2, 0.25) is 0 Å². The quantitative estimate of drug-likeness (QED) is 0.855. The number of ether oxygens (including phenoxy) is 1. The van der Waals surface area contributed by atoms with Gasteiger partial charge in [-0.15, -0.1) is 0 Å². The molecule has 0 aliphatic heterocycles. The molecule has 0 fully saturated rings. The minimum atomic E-state index is -2.66. The molecule has 20 heavy (non-hydrogen) atoms. The van der Waals surface area contributed by atoms with Crippen LogP contribution in [0, 0.1) is 11.3 Å². The lowest BCUT2D eigenvalue weighted by molar-refractivity contribution is 0.148. The van der Waals surface area contributed by atoms with Crippen LogP contribution in [0.5, 0.6) is 11.5 Å². The van der Waals surface area contributed by atoms with Crippen molar-refractivity contribution in [3.63, 3.8) is 0 Å². The highest BCUT2D eigenvalue weighted by Gasteiger charge is 2.15. The van der Waals surface area contributed by atoms with Gasteiger partial charge in [-0.2, -0.15) is 5.26 Å². The van der Waals surface area contributed by atoms with E-state index in [4.69, 9.17) is 15.7 Å². The van der Waals surface area contributed by atoms with Crippen LogP contribution in [0.4, 0.5) is 14.5 Å². The number of nitrogens with two attached hydrogens (primary N) is 1. The highest BCUT2D eigenvalue weighted by molar-refractivity contribution is 5.49. The van der Waals surface area contributed by atoms with E-state index >= 15 is 0 Å². The second-order valence-corrected chi connectivity index (χ2v) is 4.18. The van der Waals surface area contributed by atoms with Gasteiger partial charge in [0.1, 0.15) is 11.5 Å². The first-order valence-corrected chi connectivity index (χ1v) is 5.91. The number of alkyl halides is 2. The number of nitriles is 1. The molecule has 0 aromatic heterocycles. The molecule has 0 unspecified atom stereocenters. The van der Waals surface area contributed by atoms with Crippen molar-refractivity contribution in [3.8, 4) is 17.6 Å². The van der Waals surface area contributed by atoms with Crippen LogP contribution in [0.3, 0.4) is 0 Å². The molecule has 0 amide bonds. The Labute approximate surface area is 115 Å². The Bertz CT molecular complexity index is 633. The first-order chi connectivity index (χ1) is 9.60. The first-order valence-electron chi connectivity index (χ1n) is 5.91. The minimum absolute atomic E-state index is 0.0715.